The molecule has 2 aromatic rings. The Labute approximate surface area is 89.6 Å². The van der Waals surface area contributed by atoms with Gasteiger partial charge < -0.3 is 15.1 Å². The molecule has 0 radical (unpaired) electrons. The van der Waals surface area contributed by atoms with Gasteiger partial charge in [-0.3, -0.25) is 0 Å². The van der Waals surface area contributed by atoms with Crippen molar-refractivity contribution in [3.8, 4) is 5.95 Å². The summed E-state index contributed by atoms with van der Waals surface area (Å²) in [6, 6.07) is 0. The van der Waals surface area contributed by atoms with Gasteiger partial charge >= 0.3 is 5.97 Å². The quantitative estimate of drug-likeness (QED) is 0.670. The second-order valence-corrected chi connectivity index (χ2v) is 3.34. The van der Waals surface area contributed by atoms with Crippen LogP contribution in [0.25, 0.3) is 5.95 Å². The van der Waals surface area contributed by atoms with Crippen molar-refractivity contribution < 1.29 is 9.90 Å². The zero-order valence-corrected chi connectivity index (χ0v) is 8.63. The van der Waals surface area contributed by atoms with Gasteiger partial charge in [-0.2, -0.15) is 0 Å². The minimum absolute atomic E-state index is 0.0925. The lowest BCUT2D eigenvalue weighted by molar-refractivity contribution is 0.0687. The van der Waals surface area contributed by atoms with Crippen LogP contribution < -0.4 is 0 Å². The first-order chi connectivity index (χ1) is 7.11. The maximum Gasteiger partial charge on any atom is 0.354 e. The lowest BCUT2D eigenvalue weighted by Crippen LogP contribution is -2.09. The molecular formula is C8H8N4O2S. The maximum atomic E-state index is 11.0. The molecule has 0 aliphatic carbocycles. The van der Waals surface area contributed by atoms with E-state index in [1.807, 2.05) is 0 Å². The van der Waals surface area contributed by atoms with Crippen LogP contribution >= 0.6 is 12.2 Å². The highest BCUT2D eigenvalue weighted by Gasteiger charge is 2.18. The van der Waals surface area contributed by atoms with Crippen molar-refractivity contribution in [1.82, 2.24) is 19.5 Å². The highest BCUT2D eigenvalue weighted by molar-refractivity contribution is 7.71. The second kappa shape index (κ2) is 3.35. The van der Waals surface area contributed by atoms with E-state index < -0.39 is 5.97 Å². The van der Waals surface area contributed by atoms with Crippen molar-refractivity contribution in [3.05, 3.63) is 28.6 Å². The van der Waals surface area contributed by atoms with Gasteiger partial charge in [-0.25, -0.2) is 14.3 Å². The van der Waals surface area contributed by atoms with Crippen LogP contribution in [-0.2, 0) is 0 Å². The summed E-state index contributed by atoms with van der Waals surface area (Å²) >= 11 is 5.01. The first-order valence-electron chi connectivity index (χ1n) is 4.16. The summed E-state index contributed by atoms with van der Waals surface area (Å²) in [4.78, 5) is 20.6. The predicted octanol–water partition coefficient (Wildman–Crippen LogP) is 1.26. The monoisotopic (exact) mass is 224 g/mol. The zero-order valence-electron chi connectivity index (χ0n) is 7.81. The van der Waals surface area contributed by atoms with Crippen LogP contribution in [0.4, 0.5) is 0 Å². The summed E-state index contributed by atoms with van der Waals surface area (Å²) in [7, 11) is 0. The van der Waals surface area contributed by atoms with Gasteiger partial charge in [0.05, 0.1) is 0 Å². The molecule has 0 aliphatic heterocycles. The average Bonchev–Trinajstić information content (AvgIpc) is 2.71. The second-order valence-electron chi connectivity index (χ2n) is 2.96. The third-order valence-electron chi connectivity index (χ3n) is 1.97. The van der Waals surface area contributed by atoms with E-state index >= 15 is 0 Å². The highest BCUT2D eigenvalue weighted by Crippen LogP contribution is 2.12. The number of imidazole rings is 2. The minimum atomic E-state index is -1.05. The molecule has 0 saturated heterocycles. The van der Waals surface area contributed by atoms with E-state index in [1.54, 1.807) is 13.1 Å². The van der Waals surface area contributed by atoms with E-state index in [-0.39, 0.29) is 5.69 Å². The molecule has 6 nitrogen and oxygen atoms in total. The van der Waals surface area contributed by atoms with Crippen molar-refractivity contribution >= 4 is 18.2 Å². The number of nitrogens with one attached hydrogen (secondary N) is 2. The maximum absolute atomic E-state index is 11.0. The van der Waals surface area contributed by atoms with Crippen LogP contribution in [0, 0.1) is 11.7 Å². The molecule has 2 heterocycles. The predicted molar refractivity (Wildman–Crippen MR) is 54.8 cm³/mol. The lowest BCUT2D eigenvalue weighted by atomic mass is 10.3. The Morgan fingerprint density at radius 2 is 2.40 bits per heavy atom. The fourth-order valence-electron chi connectivity index (χ4n) is 1.38. The third-order valence-corrected chi connectivity index (χ3v) is 2.26. The van der Waals surface area contributed by atoms with Crippen LogP contribution in [0.3, 0.4) is 0 Å². The number of H-pyrrole nitrogens is 2. The number of carboxylic acid groups (broad SMARTS) is 1. The standard InChI is InChI=1S/C8H8N4O2S/c1-4-5(6(13)14)12(8(15)11-4)7-9-2-3-10-7/h2-3H,1H3,(H,9,10)(H,11,15)(H,13,14). The van der Waals surface area contributed by atoms with Gasteiger partial charge in [0.1, 0.15) is 0 Å². The molecule has 78 valence electrons. The molecule has 2 rings (SSSR count). The van der Waals surface area contributed by atoms with Crippen LogP contribution in [0.2, 0.25) is 0 Å². The fourth-order valence-corrected chi connectivity index (χ4v) is 1.71. The third kappa shape index (κ3) is 1.46. The highest BCUT2D eigenvalue weighted by atomic mass is 32.1. The van der Waals surface area contributed by atoms with Gasteiger partial charge in [-0.15, -0.1) is 0 Å². The van der Waals surface area contributed by atoms with E-state index in [4.69, 9.17) is 17.3 Å². The Morgan fingerprint density at radius 3 is 2.93 bits per heavy atom. The zero-order chi connectivity index (χ0) is 11.0. The summed E-state index contributed by atoms with van der Waals surface area (Å²) < 4.78 is 1.66. The van der Waals surface area contributed by atoms with E-state index in [0.29, 0.717) is 16.4 Å². The average molecular weight is 224 g/mol. The summed E-state index contributed by atoms with van der Waals surface area (Å²) in [5.41, 5.74) is 0.596. The van der Waals surface area contributed by atoms with Gasteiger partial charge in [0.15, 0.2) is 10.5 Å². The number of hydrogen-bond donors (Lipinski definition) is 3. The Morgan fingerprint density at radius 1 is 1.67 bits per heavy atom. The number of nitrogens with zero attached hydrogens (tertiary/aromatic N) is 2. The van der Waals surface area contributed by atoms with Gasteiger partial charge in [0, 0.05) is 18.1 Å². The molecule has 0 bridgehead atoms. The lowest BCUT2D eigenvalue weighted by Gasteiger charge is -2.00. The van der Waals surface area contributed by atoms with E-state index in [9.17, 15) is 4.79 Å². The first-order valence-corrected chi connectivity index (χ1v) is 4.56. The number of carbonyl (C=O) groups is 1. The molecule has 0 amide bonds. The largest absolute Gasteiger partial charge is 0.477 e. The summed E-state index contributed by atoms with van der Waals surface area (Å²) in [6.45, 7) is 1.65. The van der Waals surface area contributed by atoms with Crippen LogP contribution in [0.15, 0.2) is 12.4 Å². The topological polar surface area (TPSA) is 86.7 Å². The Kier molecular flexibility index (Phi) is 2.16. The number of aromatic nitrogens is 4. The summed E-state index contributed by atoms with van der Waals surface area (Å²) in [5.74, 6) is -0.655. The minimum Gasteiger partial charge on any atom is -0.477 e. The molecular weight excluding hydrogens is 216 g/mol. The van der Waals surface area contributed by atoms with Gasteiger partial charge in [-0.05, 0) is 19.1 Å². The van der Waals surface area contributed by atoms with Crippen molar-refractivity contribution in [2.45, 2.75) is 6.92 Å². The van der Waals surface area contributed by atoms with E-state index in [1.165, 1.54) is 10.8 Å². The van der Waals surface area contributed by atoms with Gasteiger partial charge in [0.25, 0.3) is 0 Å². The van der Waals surface area contributed by atoms with Crippen LogP contribution in [0.1, 0.15) is 16.2 Å². The van der Waals surface area contributed by atoms with Gasteiger partial charge in [-0.1, -0.05) is 0 Å². The normalized spacial score (nSPS) is 10.5. The first kappa shape index (κ1) is 9.66. The molecule has 0 unspecified atom stereocenters. The fraction of sp³-hybridized carbons (Fsp3) is 0.125. The molecule has 15 heavy (non-hydrogen) atoms. The smallest absolute Gasteiger partial charge is 0.354 e. The number of hydrogen-bond acceptors (Lipinski definition) is 3. The van der Waals surface area contributed by atoms with Crippen molar-refractivity contribution in [3.63, 3.8) is 0 Å². The number of aryl methyl sites for hydroxylation is 1. The van der Waals surface area contributed by atoms with Crippen LogP contribution in [-0.4, -0.2) is 30.6 Å². The van der Waals surface area contributed by atoms with E-state index in [2.05, 4.69) is 15.0 Å². The summed E-state index contributed by atoms with van der Waals surface area (Å²) in [6.07, 6.45) is 3.14. The Hall–Kier alpha value is -1.89. The number of carboxylic acids is 1. The van der Waals surface area contributed by atoms with Crippen molar-refractivity contribution in [2.24, 2.45) is 0 Å². The molecule has 0 aromatic carbocycles. The number of aromatic amines is 2. The molecule has 0 aliphatic rings. The molecule has 0 atom stereocenters. The molecule has 3 N–H and O–H groups in total. The molecule has 0 saturated carbocycles. The van der Waals surface area contributed by atoms with Crippen molar-refractivity contribution in [2.75, 3.05) is 0 Å². The van der Waals surface area contributed by atoms with E-state index in [0.717, 1.165) is 0 Å². The molecule has 7 heteroatoms. The van der Waals surface area contributed by atoms with Crippen LogP contribution in [0.5, 0.6) is 0 Å². The molecule has 0 fully saturated rings. The van der Waals surface area contributed by atoms with Crippen molar-refractivity contribution in [1.29, 1.82) is 0 Å². The Balaban J connectivity index is 2.76. The molecule has 0 spiro atoms. The Bertz CT molecular complexity index is 552. The van der Waals surface area contributed by atoms with Gasteiger partial charge in [0.2, 0.25) is 5.95 Å². The SMILES string of the molecule is Cc1[nH]c(=S)n(-c2ncc[nH]2)c1C(=O)O. The summed E-state index contributed by atoms with van der Waals surface area (Å²) in [5, 5.41) is 9.03. The number of rotatable bonds is 2. The number of aromatic carboxylic acids is 1. The molecule has 2 aromatic heterocycles.